The molecule has 2 fully saturated rings. The maximum atomic E-state index is 13.4. The molecule has 2 unspecified atom stereocenters. The lowest BCUT2D eigenvalue weighted by atomic mass is 9.61. The van der Waals surface area contributed by atoms with E-state index < -0.39 is 5.91 Å². The summed E-state index contributed by atoms with van der Waals surface area (Å²) in [7, 11) is 0. The minimum atomic E-state index is -0.778. The third kappa shape index (κ3) is 6.58. The topological polar surface area (TPSA) is 74.3 Å². The molecule has 3 heterocycles. The van der Waals surface area contributed by atoms with Crippen molar-refractivity contribution >= 4 is 23.2 Å². The molecule has 0 saturated heterocycles. The fraction of sp³-hybridized carbons (Fsp3) is 0.452. The number of benzene rings is 1. The van der Waals surface area contributed by atoms with Crippen molar-refractivity contribution in [2.75, 3.05) is 6.54 Å². The molecule has 212 valence electrons. The number of fused-ring (bicyclic) bond motifs is 3. The highest BCUT2D eigenvalue weighted by Gasteiger charge is 2.44. The zero-order chi connectivity index (χ0) is 28.3. The maximum absolute atomic E-state index is 13.4. The normalized spacial score (nSPS) is 25.0. The highest BCUT2D eigenvalue weighted by atomic mass is 32.1. The lowest BCUT2D eigenvalue weighted by Gasteiger charge is -2.50. The van der Waals surface area contributed by atoms with Crippen LogP contribution in [0.5, 0.6) is 0 Å². The van der Waals surface area contributed by atoms with Gasteiger partial charge in [-0.2, -0.15) is 5.54 Å². The number of carbonyl (C=O) groups is 2. The Kier molecular flexibility index (Phi) is 8.61. The van der Waals surface area contributed by atoms with E-state index in [1.54, 1.807) is 29.5 Å². The molecule has 9 heteroatoms. The van der Waals surface area contributed by atoms with Crippen molar-refractivity contribution < 1.29 is 18.5 Å². The molecular weight excluding hydrogens is 530 g/mol. The van der Waals surface area contributed by atoms with Gasteiger partial charge in [-0.3, -0.25) is 14.6 Å². The summed E-state index contributed by atoms with van der Waals surface area (Å²) in [5.41, 5.74) is 4.21. The molecule has 6 nitrogen and oxygen atoms in total. The molecule has 2 atom stereocenters. The van der Waals surface area contributed by atoms with E-state index in [1.807, 2.05) is 22.4 Å². The van der Waals surface area contributed by atoms with Crippen molar-refractivity contribution in [3.63, 3.8) is 0 Å². The number of carbonyl (C=O) groups excluding carboxylic acids is 2. The first-order valence-corrected chi connectivity index (χ1v) is 14.8. The molecule has 6 rings (SSSR count). The lowest BCUT2D eigenvalue weighted by molar-refractivity contribution is -0.131. The van der Waals surface area contributed by atoms with E-state index in [0.29, 0.717) is 19.6 Å². The zero-order valence-electron chi connectivity index (χ0n) is 23.0. The predicted molar refractivity (Wildman–Crippen MR) is 152 cm³/mol. The van der Waals surface area contributed by atoms with Crippen LogP contribution in [0.15, 0.2) is 54.0 Å². The molecule has 2 N–H and O–H groups in total. The SMILES string of the molecule is CC1CC2CC(C)CC(NCC(=O)N3Cc4ccc(F)cc4C3)(C1)C2.O=C(NF)c1ccc(-c2cccs2)nc1. The Labute approximate surface area is 238 Å². The van der Waals surface area contributed by atoms with Crippen LogP contribution in [0, 0.1) is 23.6 Å². The van der Waals surface area contributed by atoms with Gasteiger partial charge in [0.2, 0.25) is 5.91 Å². The predicted octanol–water partition coefficient (Wildman–Crippen LogP) is 6.29. The number of hydrogen-bond acceptors (Lipinski definition) is 5. The average molecular weight is 567 g/mol. The molecule has 0 radical (unpaired) electrons. The summed E-state index contributed by atoms with van der Waals surface area (Å²) in [5.74, 6) is 1.44. The number of pyridine rings is 1. The van der Waals surface area contributed by atoms with Gasteiger partial charge in [0, 0.05) is 24.8 Å². The van der Waals surface area contributed by atoms with E-state index in [-0.39, 0.29) is 22.8 Å². The van der Waals surface area contributed by atoms with Crippen LogP contribution in [0.25, 0.3) is 10.6 Å². The van der Waals surface area contributed by atoms with Crippen LogP contribution >= 0.6 is 11.3 Å². The van der Waals surface area contributed by atoms with Gasteiger partial charge in [-0.1, -0.05) is 30.5 Å². The van der Waals surface area contributed by atoms with Crippen molar-refractivity contribution in [2.45, 2.75) is 64.6 Å². The van der Waals surface area contributed by atoms with Crippen LogP contribution in [-0.2, 0) is 17.9 Å². The number of rotatable bonds is 5. The van der Waals surface area contributed by atoms with Crippen molar-refractivity contribution in [3.8, 4) is 10.6 Å². The number of aromatic nitrogens is 1. The standard InChI is InChI=1S/C21H29FN2O.C10H7FN2OS/c1-14-5-16-6-15(2)9-21(8-14,10-16)23-11-20(25)24-12-17-3-4-19(22)7-18(17)13-24;11-13-10(14)7-3-4-8(12-6-7)9-2-1-5-15-9/h3-4,7,14-16,23H,5-6,8-13H2,1-2H3;1-6H,(H,13,14). The first-order valence-electron chi connectivity index (χ1n) is 13.9. The molecule has 2 aliphatic carbocycles. The molecule has 40 heavy (non-hydrogen) atoms. The molecular formula is C31H36F2N4O2S. The fourth-order valence-electron chi connectivity index (χ4n) is 6.99. The van der Waals surface area contributed by atoms with Crippen molar-refractivity contribution in [1.82, 2.24) is 20.7 Å². The van der Waals surface area contributed by atoms with E-state index in [1.165, 1.54) is 50.4 Å². The van der Waals surface area contributed by atoms with Crippen LogP contribution in [-0.4, -0.2) is 33.8 Å². The number of halogens is 2. The van der Waals surface area contributed by atoms with Gasteiger partial charge in [0.25, 0.3) is 5.91 Å². The quantitative estimate of drug-likeness (QED) is 0.356. The molecule has 2 aromatic heterocycles. The minimum Gasteiger partial charge on any atom is -0.333 e. The van der Waals surface area contributed by atoms with E-state index in [2.05, 4.69) is 24.1 Å². The third-order valence-corrected chi connectivity index (χ3v) is 9.26. The van der Waals surface area contributed by atoms with Crippen molar-refractivity contribution in [1.29, 1.82) is 0 Å². The Morgan fingerprint density at radius 1 is 1.05 bits per heavy atom. The zero-order valence-corrected chi connectivity index (χ0v) is 23.8. The summed E-state index contributed by atoms with van der Waals surface area (Å²) in [6, 6.07) is 11.9. The van der Waals surface area contributed by atoms with E-state index >= 15 is 0 Å². The van der Waals surface area contributed by atoms with Gasteiger partial charge in [0.05, 0.1) is 22.7 Å². The van der Waals surface area contributed by atoms with E-state index in [0.717, 1.165) is 45.0 Å². The Morgan fingerprint density at radius 2 is 1.80 bits per heavy atom. The number of amides is 2. The van der Waals surface area contributed by atoms with Crippen molar-refractivity contribution in [2.24, 2.45) is 17.8 Å². The number of nitrogens with one attached hydrogen (secondary N) is 2. The smallest absolute Gasteiger partial charge is 0.280 e. The Hall–Kier alpha value is -3.17. The van der Waals surface area contributed by atoms with Gasteiger partial charge in [0.1, 0.15) is 5.82 Å². The van der Waals surface area contributed by atoms with E-state index in [9.17, 15) is 18.5 Å². The van der Waals surface area contributed by atoms with Crippen LogP contribution in [0.1, 0.15) is 67.4 Å². The molecule has 2 amide bonds. The first-order chi connectivity index (χ1) is 19.2. The number of hydrogen-bond donors (Lipinski definition) is 2. The highest BCUT2D eigenvalue weighted by molar-refractivity contribution is 7.13. The molecule has 2 saturated carbocycles. The number of nitrogens with zero attached hydrogens (tertiary/aromatic N) is 2. The van der Waals surface area contributed by atoms with E-state index in [4.69, 9.17) is 0 Å². The summed E-state index contributed by atoms with van der Waals surface area (Å²) in [6.45, 7) is 6.26. The van der Waals surface area contributed by atoms with Crippen LogP contribution in [0.2, 0.25) is 0 Å². The second-order valence-electron chi connectivity index (χ2n) is 11.8. The summed E-state index contributed by atoms with van der Waals surface area (Å²) in [4.78, 5) is 30.6. The molecule has 2 bridgehead atoms. The lowest BCUT2D eigenvalue weighted by Crippen LogP contribution is -2.56. The van der Waals surface area contributed by atoms with Gasteiger partial charge >= 0.3 is 0 Å². The monoisotopic (exact) mass is 566 g/mol. The first kappa shape index (κ1) is 28.4. The summed E-state index contributed by atoms with van der Waals surface area (Å²) >= 11 is 1.56. The molecule has 0 spiro atoms. The average Bonchev–Trinajstić information content (AvgIpc) is 3.61. The van der Waals surface area contributed by atoms with Crippen LogP contribution < -0.4 is 10.9 Å². The van der Waals surface area contributed by atoms with Gasteiger partial charge < -0.3 is 10.2 Å². The second-order valence-corrected chi connectivity index (χ2v) is 12.7. The number of thiophene rings is 1. The van der Waals surface area contributed by atoms with Gasteiger partial charge in [0.15, 0.2) is 0 Å². The third-order valence-electron chi connectivity index (χ3n) is 8.37. The van der Waals surface area contributed by atoms with Crippen LogP contribution in [0.4, 0.5) is 8.87 Å². The molecule has 1 aromatic carbocycles. The van der Waals surface area contributed by atoms with Gasteiger partial charge in [-0.05, 0) is 96.7 Å². The van der Waals surface area contributed by atoms with Gasteiger partial charge in [-0.25, -0.2) is 4.39 Å². The summed E-state index contributed by atoms with van der Waals surface area (Å²) in [5, 5.41) is 5.62. The Bertz CT molecular complexity index is 1310. The molecule has 3 aliphatic rings. The summed E-state index contributed by atoms with van der Waals surface area (Å²) < 4.78 is 25.2. The molecule has 1 aliphatic heterocycles. The second kappa shape index (κ2) is 12.1. The highest BCUT2D eigenvalue weighted by Crippen LogP contribution is 2.47. The van der Waals surface area contributed by atoms with Gasteiger partial charge in [-0.15, -0.1) is 11.3 Å². The fourth-order valence-corrected chi connectivity index (χ4v) is 7.69. The van der Waals surface area contributed by atoms with Crippen LogP contribution in [0.3, 0.4) is 0 Å². The maximum Gasteiger partial charge on any atom is 0.280 e. The minimum absolute atomic E-state index is 0.138. The Balaban J connectivity index is 0.000000184. The largest absolute Gasteiger partial charge is 0.333 e. The summed E-state index contributed by atoms with van der Waals surface area (Å²) in [6.07, 6.45) is 7.63. The Morgan fingerprint density at radius 3 is 2.45 bits per heavy atom. The molecule has 3 aromatic rings. The van der Waals surface area contributed by atoms with Crippen molar-refractivity contribution in [3.05, 3.63) is 76.5 Å².